The van der Waals surface area contributed by atoms with Crippen LogP contribution in [0, 0.1) is 6.92 Å². The van der Waals surface area contributed by atoms with Crippen molar-refractivity contribution in [2.75, 3.05) is 0 Å². The van der Waals surface area contributed by atoms with E-state index in [1.807, 2.05) is 32.9 Å². The molecule has 0 N–H and O–H groups in total. The van der Waals surface area contributed by atoms with Gasteiger partial charge in [-0.1, -0.05) is 12.2 Å². The Balaban J connectivity index is 3.06. The van der Waals surface area contributed by atoms with Gasteiger partial charge in [0.05, 0.1) is 0 Å². The highest BCUT2D eigenvalue weighted by atomic mass is 16.4. The molecule has 0 fully saturated rings. The zero-order chi connectivity index (χ0) is 9.84. The molecule has 13 heavy (non-hydrogen) atoms. The fourth-order valence-electron chi connectivity index (χ4n) is 1.08. The summed E-state index contributed by atoms with van der Waals surface area (Å²) in [7, 11) is 0. The normalized spacial score (nSPS) is 13.5. The van der Waals surface area contributed by atoms with E-state index in [-0.39, 0.29) is 0 Å². The van der Waals surface area contributed by atoms with E-state index in [2.05, 4.69) is 10.2 Å². The second kappa shape index (κ2) is 4.03. The van der Waals surface area contributed by atoms with Crippen LogP contribution in [0.25, 0.3) is 5.57 Å². The lowest BCUT2D eigenvalue weighted by Crippen LogP contribution is -1.86. The molecule has 0 spiro atoms. The van der Waals surface area contributed by atoms with Crippen molar-refractivity contribution in [3.63, 3.8) is 0 Å². The second-order valence-corrected chi connectivity index (χ2v) is 2.80. The van der Waals surface area contributed by atoms with Crippen LogP contribution in [0.5, 0.6) is 0 Å². The Hall–Kier alpha value is -1.38. The maximum Gasteiger partial charge on any atom is 0.247 e. The maximum absolute atomic E-state index is 5.33. The summed E-state index contributed by atoms with van der Waals surface area (Å²) in [4.78, 5) is 0. The molecule has 70 valence electrons. The number of nitrogens with zero attached hydrogens (tertiary/aromatic N) is 2. The van der Waals surface area contributed by atoms with Gasteiger partial charge in [0.1, 0.15) is 0 Å². The van der Waals surface area contributed by atoms with Crippen LogP contribution in [-0.4, -0.2) is 10.2 Å². The Morgan fingerprint density at radius 3 is 2.31 bits per heavy atom. The molecule has 1 aromatic rings. The van der Waals surface area contributed by atoms with Crippen molar-refractivity contribution in [1.82, 2.24) is 10.2 Å². The second-order valence-electron chi connectivity index (χ2n) is 2.80. The Kier molecular flexibility index (Phi) is 3.01. The van der Waals surface area contributed by atoms with Crippen LogP contribution >= 0.6 is 0 Å². The number of aromatic nitrogens is 2. The van der Waals surface area contributed by atoms with Crippen molar-refractivity contribution in [2.24, 2.45) is 0 Å². The minimum atomic E-state index is 0.593. The molecule has 0 radical (unpaired) electrons. The summed E-state index contributed by atoms with van der Waals surface area (Å²) in [5, 5.41) is 7.75. The lowest BCUT2D eigenvalue weighted by molar-refractivity contribution is 0.506. The number of hydrogen-bond donors (Lipinski definition) is 0. The molecule has 0 aliphatic heterocycles. The standard InChI is InChI=1S/C10H14N2O/c1-5-7(3)9(6-2)10-12-11-8(4)13-10/h5-6H,1-4H3. The number of allylic oxidation sites excluding steroid dienone is 4. The first kappa shape index (κ1) is 9.71. The van der Waals surface area contributed by atoms with Crippen molar-refractivity contribution in [3.05, 3.63) is 29.5 Å². The highest BCUT2D eigenvalue weighted by Gasteiger charge is 2.08. The first-order valence-corrected chi connectivity index (χ1v) is 4.29. The molecule has 0 amide bonds. The lowest BCUT2D eigenvalue weighted by atomic mass is 10.1. The van der Waals surface area contributed by atoms with E-state index in [0.29, 0.717) is 11.8 Å². The highest BCUT2D eigenvalue weighted by molar-refractivity contribution is 5.73. The summed E-state index contributed by atoms with van der Waals surface area (Å²) >= 11 is 0. The molecule has 0 bridgehead atoms. The smallest absolute Gasteiger partial charge is 0.247 e. The van der Waals surface area contributed by atoms with Crippen LogP contribution < -0.4 is 0 Å². The number of aryl methyl sites for hydroxylation is 1. The molecule has 0 unspecified atom stereocenters. The molecule has 3 nitrogen and oxygen atoms in total. The van der Waals surface area contributed by atoms with E-state index < -0.39 is 0 Å². The molecule has 1 aromatic heterocycles. The molecule has 0 saturated heterocycles. The van der Waals surface area contributed by atoms with Crippen LogP contribution in [0.3, 0.4) is 0 Å². The Morgan fingerprint density at radius 1 is 1.23 bits per heavy atom. The minimum absolute atomic E-state index is 0.593. The summed E-state index contributed by atoms with van der Waals surface area (Å²) in [5.41, 5.74) is 2.15. The van der Waals surface area contributed by atoms with E-state index >= 15 is 0 Å². The highest BCUT2D eigenvalue weighted by Crippen LogP contribution is 2.20. The molecule has 0 aromatic carbocycles. The van der Waals surface area contributed by atoms with E-state index in [9.17, 15) is 0 Å². The van der Waals surface area contributed by atoms with Gasteiger partial charge in [0, 0.05) is 12.5 Å². The Bertz CT molecular complexity index is 348. The van der Waals surface area contributed by atoms with Gasteiger partial charge in [-0.25, -0.2) is 0 Å². The van der Waals surface area contributed by atoms with Gasteiger partial charge >= 0.3 is 0 Å². The van der Waals surface area contributed by atoms with Crippen LogP contribution in [0.4, 0.5) is 0 Å². The molecule has 1 rings (SSSR count). The molecule has 0 saturated carbocycles. The third-order valence-electron chi connectivity index (χ3n) is 1.90. The van der Waals surface area contributed by atoms with Gasteiger partial charge in [-0.15, -0.1) is 10.2 Å². The van der Waals surface area contributed by atoms with E-state index in [4.69, 9.17) is 4.42 Å². The predicted molar refractivity (Wildman–Crippen MR) is 52.1 cm³/mol. The van der Waals surface area contributed by atoms with E-state index in [0.717, 1.165) is 11.1 Å². The summed E-state index contributed by atoms with van der Waals surface area (Å²) in [5.74, 6) is 1.19. The van der Waals surface area contributed by atoms with Crippen LogP contribution in [0.2, 0.25) is 0 Å². The molecule has 0 aliphatic carbocycles. The summed E-state index contributed by atoms with van der Waals surface area (Å²) in [6.45, 7) is 7.76. The molecule has 3 heteroatoms. The average molecular weight is 178 g/mol. The van der Waals surface area contributed by atoms with Gasteiger partial charge in [0.25, 0.3) is 0 Å². The Morgan fingerprint density at radius 2 is 1.92 bits per heavy atom. The summed E-state index contributed by atoms with van der Waals surface area (Å²) in [6.07, 6.45) is 4.00. The summed E-state index contributed by atoms with van der Waals surface area (Å²) < 4.78 is 5.33. The monoisotopic (exact) mass is 178 g/mol. The van der Waals surface area contributed by atoms with Gasteiger partial charge in [0.2, 0.25) is 11.8 Å². The van der Waals surface area contributed by atoms with Crippen LogP contribution in [0.15, 0.2) is 22.1 Å². The fraction of sp³-hybridized carbons (Fsp3) is 0.400. The largest absolute Gasteiger partial charge is 0.421 e. The van der Waals surface area contributed by atoms with Crippen molar-refractivity contribution < 1.29 is 4.42 Å². The fourth-order valence-corrected chi connectivity index (χ4v) is 1.08. The van der Waals surface area contributed by atoms with E-state index in [1.54, 1.807) is 6.92 Å². The maximum atomic E-state index is 5.33. The van der Waals surface area contributed by atoms with Crippen molar-refractivity contribution in [2.45, 2.75) is 27.7 Å². The van der Waals surface area contributed by atoms with Gasteiger partial charge in [-0.3, -0.25) is 0 Å². The predicted octanol–water partition coefficient (Wildman–Crippen LogP) is 2.75. The minimum Gasteiger partial charge on any atom is -0.421 e. The van der Waals surface area contributed by atoms with Crippen LogP contribution in [-0.2, 0) is 0 Å². The number of rotatable bonds is 2. The third-order valence-corrected chi connectivity index (χ3v) is 1.90. The number of hydrogen-bond acceptors (Lipinski definition) is 3. The quantitative estimate of drug-likeness (QED) is 0.653. The topological polar surface area (TPSA) is 38.9 Å². The summed E-state index contributed by atoms with van der Waals surface area (Å²) in [6, 6.07) is 0. The van der Waals surface area contributed by atoms with Crippen molar-refractivity contribution in [3.8, 4) is 0 Å². The first-order valence-electron chi connectivity index (χ1n) is 4.29. The van der Waals surface area contributed by atoms with E-state index in [1.165, 1.54) is 0 Å². The molecule has 0 aliphatic rings. The van der Waals surface area contributed by atoms with Gasteiger partial charge in [0.15, 0.2) is 0 Å². The first-order chi connectivity index (χ1) is 6.19. The van der Waals surface area contributed by atoms with Crippen molar-refractivity contribution >= 4 is 5.57 Å². The average Bonchev–Trinajstić information content (AvgIpc) is 2.53. The van der Waals surface area contributed by atoms with Crippen molar-refractivity contribution in [1.29, 1.82) is 0 Å². The van der Waals surface area contributed by atoms with Crippen LogP contribution in [0.1, 0.15) is 32.6 Å². The lowest BCUT2D eigenvalue weighted by Gasteiger charge is -2.00. The Labute approximate surface area is 78.2 Å². The molecule has 1 heterocycles. The third kappa shape index (κ3) is 2.05. The van der Waals surface area contributed by atoms with Gasteiger partial charge in [-0.05, 0) is 26.3 Å². The van der Waals surface area contributed by atoms with Gasteiger partial charge < -0.3 is 4.42 Å². The SMILES string of the molecule is CC=C(C)C(=CC)c1nnc(C)o1. The molecular formula is C10H14N2O. The zero-order valence-electron chi connectivity index (χ0n) is 8.46. The van der Waals surface area contributed by atoms with Gasteiger partial charge in [-0.2, -0.15) is 0 Å². The molecule has 0 atom stereocenters. The zero-order valence-corrected chi connectivity index (χ0v) is 8.46. The molecular weight excluding hydrogens is 164 g/mol.